The zero-order valence-corrected chi connectivity index (χ0v) is 18.9. The molecular formula is C25H24Cl2N2O2. The van der Waals surface area contributed by atoms with Gasteiger partial charge in [0.1, 0.15) is 0 Å². The van der Waals surface area contributed by atoms with Crippen molar-refractivity contribution >= 4 is 28.9 Å². The second kappa shape index (κ2) is 8.62. The Morgan fingerprint density at radius 3 is 2.52 bits per heavy atom. The standard InChI is InChI=1S/C25H24Cl2N2O2/c1-17-2-5-19(6-3-17)23-15-28(14-18-4-9-24-25(12-18)31-16-30-24)10-11-29(23)22-8-7-20(26)13-21(22)27/h2-9,12-13,23H,10-11,14-16H2,1H3. The quantitative estimate of drug-likeness (QED) is 0.475. The van der Waals surface area contributed by atoms with Crippen LogP contribution in [0.2, 0.25) is 10.0 Å². The average Bonchev–Trinajstić information content (AvgIpc) is 3.23. The first kappa shape index (κ1) is 20.5. The molecule has 3 aromatic carbocycles. The maximum atomic E-state index is 6.60. The molecule has 0 spiro atoms. The summed E-state index contributed by atoms with van der Waals surface area (Å²) in [4.78, 5) is 4.89. The van der Waals surface area contributed by atoms with E-state index in [-0.39, 0.29) is 6.04 Å². The molecule has 1 saturated heterocycles. The molecular weight excluding hydrogens is 431 g/mol. The van der Waals surface area contributed by atoms with E-state index in [1.54, 1.807) is 0 Å². The number of aryl methyl sites for hydroxylation is 1. The van der Waals surface area contributed by atoms with Gasteiger partial charge in [-0.05, 0) is 48.4 Å². The van der Waals surface area contributed by atoms with Gasteiger partial charge in [-0.15, -0.1) is 0 Å². The van der Waals surface area contributed by atoms with E-state index in [1.165, 1.54) is 16.7 Å². The number of ether oxygens (including phenoxy) is 2. The summed E-state index contributed by atoms with van der Waals surface area (Å²) in [6.45, 7) is 6.00. The molecule has 3 aromatic rings. The monoisotopic (exact) mass is 454 g/mol. The lowest BCUT2D eigenvalue weighted by molar-refractivity contribution is 0.173. The van der Waals surface area contributed by atoms with Crippen molar-refractivity contribution in [1.29, 1.82) is 0 Å². The van der Waals surface area contributed by atoms with Crippen molar-refractivity contribution in [3.05, 3.63) is 87.4 Å². The molecule has 0 N–H and O–H groups in total. The molecule has 0 saturated carbocycles. The summed E-state index contributed by atoms with van der Waals surface area (Å²) in [5, 5.41) is 1.34. The van der Waals surface area contributed by atoms with Crippen molar-refractivity contribution < 1.29 is 9.47 Å². The molecule has 1 fully saturated rings. The molecule has 160 valence electrons. The van der Waals surface area contributed by atoms with Gasteiger partial charge in [-0.1, -0.05) is 59.1 Å². The number of hydrogen-bond donors (Lipinski definition) is 0. The molecule has 0 bridgehead atoms. The summed E-state index contributed by atoms with van der Waals surface area (Å²) in [6, 6.07) is 21.0. The minimum atomic E-state index is 0.196. The van der Waals surface area contributed by atoms with Crippen molar-refractivity contribution in [2.75, 3.05) is 31.3 Å². The van der Waals surface area contributed by atoms with Crippen molar-refractivity contribution in [1.82, 2.24) is 4.90 Å². The minimum absolute atomic E-state index is 0.196. The number of benzene rings is 3. The molecule has 0 radical (unpaired) electrons. The van der Waals surface area contributed by atoms with Gasteiger partial charge in [0, 0.05) is 31.2 Å². The maximum absolute atomic E-state index is 6.60. The highest BCUT2D eigenvalue weighted by atomic mass is 35.5. The van der Waals surface area contributed by atoms with Crippen molar-refractivity contribution in [3.8, 4) is 11.5 Å². The fraction of sp³-hybridized carbons (Fsp3) is 0.280. The van der Waals surface area contributed by atoms with Gasteiger partial charge < -0.3 is 14.4 Å². The highest BCUT2D eigenvalue weighted by molar-refractivity contribution is 6.36. The van der Waals surface area contributed by atoms with E-state index in [0.717, 1.165) is 43.4 Å². The summed E-state index contributed by atoms with van der Waals surface area (Å²) in [5.74, 6) is 1.66. The lowest BCUT2D eigenvalue weighted by Gasteiger charge is -2.43. The van der Waals surface area contributed by atoms with Gasteiger partial charge in [0.25, 0.3) is 0 Å². The zero-order chi connectivity index (χ0) is 21.4. The Balaban J connectivity index is 1.41. The van der Waals surface area contributed by atoms with Gasteiger partial charge in [-0.2, -0.15) is 0 Å². The third kappa shape index (κ3) is 4.33. The fourth-order valence-electron chi connectivity index (χ4n) is 4.36. The molecule has 2 heterocycles. The van der Waals surface area contributed by atoms with Gasteiger partial charge in [0.05, 0.1) is 16.8 Å². The third-order valence-corrected chi connectivity index (χ3v) is 6.53. The van der Waals surface area contributed by atoms with Crippen molar-refractivity contribution in [3.63, 3.8) is 0 Å². The van der Waals surface area contributed by atoms with E-state index in [2.05, 4.69) is 53.1 Å². The topological polar surface area (TPSA) is 24.9 Å². The first-order valence-corrected chi connectivity index (χ1v) is 11.2. The predicted molar refractivity (Wildman–Crippen MR) is 126 cm³/mol. The SMILES string of the molecule is Cc1ccc(C2CN(Cc3ccc4c(c3)OCO4)CCN2c2ccc(Cl)cc2Cl)cc1. The van der Waals surface area contributed by atoms with Gasteiger partial charge in [0.15, 0.2) is 11.5 Å². The van der Waals surface area contributed by atoms with Crippen LogP contribution in [0.4, 0.5) is 5.69 Å². The minimum Gasteiger partial charge on any atom is -0.454 e. The molecule has 2 aliphatic rings. The normalized spacial score (nSPS) is 18.4. The van der Waals surface area contributed by atoms with Gasteiger partial charge >= 0.3 is 0 Å². The molecule has 1 atom stereocenters. The van der Waals surface area contributed by atoms with Crippen LogP contribution in [0, 0.1) is 6.92 Å². The highest BCUT2D eigenvalue weighted by Crippen LogP contribution is 2.37. The summed E-state index contributed by atoms with van der Waals surface area (Å²) in [6.07, 6.45) is 0. The van der Waals surface area contributed by atoms with Gasteiger partial charge in [-0.25, -0.2) is 0 Å². The van der Waals surface area contributed by atoms with E-state index >= 15 is 0 Å². The molecule has 31 heavy (non-hydrogen) atoms. The van der Waals surface area contributed by atoms with E-state index in [9.17, 15) is 0 Å². The van der Waals surface area contributed by atoms with Crippen LogP contribution in [-0.2, 0) is 6.54 Å². The lowest BCUT2D eigenvalue weighted by atomic mass is 9.99. The number of nitrogens with zero attached hydrogens (tertiary/aromatic N) is 2. The molecule has 5 rings (SSSR count). The third-order valence-electron chi connectivity index (χ3n) is 5.99. The maximum Gasteiger partial charge on any atom is 0.231 e. The molecule has 0 amide bonds. The van der Waals surface area contributed by atoms with Crippen molar-refractivity contribution in [2.45, 2.75) is 19.5 Å². The van der Waals surface area contributed by atoms with E-state index in [1.807, 2.05) is 24.3 Å². The summed E-state index contributed by atoms with van der Waals surface area (Å²) in [7, 11) is 0. The molecule has 0 aliphatic carbocycles. The fourth-order valence-corrected chi connectivity index (χ4v) is 4.87. The Morgan fingerprint density at radius 2 is 1.71 bits per heavy atom. The first-order chi connectivity index (χ1) is 15.1. The van der Waals surface area contributed by atoms with Crippen LogP contribution in [0.25, 0.3) is 0 Å². The van der Waals surface area contributed by atoms with Crippen LogP contribution in [0.1, 0.15) is 22.7 Å². The summed E-state index contributed by atoms with van der Waals surface area (Å²) in [5.41, 5.74) is 4.80. The van der Waals surface area contributed by atoms with Gasteiger partial charge in [0.2, 0.25) is 6.79 Å². The Kier molecular flexibility index (Phi) is 5.70. The Labute approximate surface area is 192 Å². The van der Waals surface area contributed by atoms with Crippen LogP contribution >= 0.6 is 23.2 Å². The zero-order valence-electron chi connectivity index (χ0n) is 17.4. The molecule has 1 unspecified atom stereocenters. The molecule has 2 aliphatic heterocycles. The van der Waals surface area contributed by atoms with E-state index in [4.69, 9.17) is 32.7 Å². The number of rotatable bonds is 4. The summed E-state index contributed by atoms with van der Waals surface area (Å²) < 4.78 is 11.0. The number of halogens is 2. The number of anilines is 1. The second-order valence-electron chi connectivity index (χ2n) is 8.14. The van der Waals surface area contributed by atoms with E-state index in [0.29, 0.717) is 16.8 Å². The molecule has 4 nitrogen and oxygen atoms in total. The predicted octanol–water partition coefficient (Wildman–Crippen LogP) is 6.09. The molecule has 6 heteroatoms. The number of piperazine rings is 1. The average molecular weight is 455 g/mol. The first-order valence-electron chi connectivity index (χ1n) is 10.5. The van der Waals surface area contributed by atoms with Crippen LogP contribution < -0.4 is 14.4 Å². The van der Waals surface area contributed by atoms with Crippen LogP contribution in [0.15, 0.2) is 60.7 Å². The van der Waals surface area contributed by atoms with Crippen LogP contribution in [-0.4, -0.2) is 31.3 Å². The van der Waals surface area contributed by atoms with Crippen LogP contribution in [0.3, 0.4) is 0 Å². The highest BCUT2D eigenvalue weighted by Gasteiger charge is 2.30. The van der Waals surface area contributed by atoms with E-state index < -0.39 is 0 Å². The van der Waals surface area contributed by atoms with Crippen molar-refractivity contribution in [2.24, 2.45) is 0 Å². The smallest absolute Gasteiger partial charge is 0.231 e. The van der Waals surface area contributed by atoms with Crippen LogP contribution in [0.5, 0.6) is 11.5 Å². The Bertz CT molecular complexity index is 1090. The Morgan fingerprint density at radius 1 is 0.903 bits per heavy atom. The second-order valence-corrected chi connectivity index (χ2v) is 8.98. The van der Waals surface area contributed by atoms with Gasteiger partial charge in [-0.3, -0.25) is 4.90 Å². The summed E-state index contributed by atoms with van der Waals surface area (Å²) >= 11 is 12.7. The Hall–Kier alpha value is -2.40. The number of fused-ring (bicyclic) bond motifs is 1. The largest absolute Gasteiger partial charge is 0.454 e. The lowest BCUT2D eigenvalue weighted by Crippen LogP contribution is -2.48. The number of hydrogen-bond acceptors (Lipinski definition) is 4. The molecule has 0 aromatic heterocycles.